The number of hydrogen-bond donors (Lipinski definition) is 1. The van der Waals surface area contributed by atoms with E-state index < -0.39 is 9.84 Å². The molecule has 2 rings (SSSR count). The number of nitrogens with zero attached hydrogens (tertiary/aromatic N) is 2. The topological polar surface area (TPSA) is 64.0 Å². The average Bonchev–Trinajstić information content (AvgIpc) is 3.16. The number of benzene rings is 1. The summed E-state index contributed by atoms with van der Waals surface area (Å²) in [5.41, 5.74) is 1.88. The molecule has 1 aromatic heterocycles. The number of imidazole rings is 1. The van der Waals surface area contributed by atoms with Gasteiger partial charge in [-0.15, -0.1) is 0 Å². The highest BCUT2D eigenvalue weighted by atomic mass is 32.2. The molecule has 0 radical (unpaired) electrons. The Kier molecular flexibility index (Phi) is 8.70. The number of aryl methyl sites for hydroxylation is 1. The summed E-state index contributed by atoms with van der Waals surface area (Å²) in [4.78, 5) is 4.06. The Morgan fingerprint density at radius 2 is 1.82 bits per heavy atom. The lowest BCUT2D eigenvalue weighted by atomic mass is 9.93. The van der Waals surface area contributed by atoms with E-state index in [9.17, 15) is 8.42 Å². The zero-order chi connectivity index (χ0) is 20.5. The van der Waals surface area contributed by atoms with Crippen LogP contribution in [0.4, 0.5) is 0 Å². The summed E-state index contributed by atoms with van der Waals surface area (Å²) in [7, 11) is -3.03. The highest BCUT2D eigenvalue weighted by molar-refractivity contribution is 7.90. The molecule has 0 bridgehead atoms. The fourth-order valence-corrected chi connectivity index (χ4v) is 4.76. The summed E-state index contributed by atoms with van der Waals surface area (Å²) >= 11 is 0. The minimum atomic E-state index is -3.03. The minimum Gasteiger partial charge on any atom is -0.337 e. The summed E-state index contributed by atoms with van der Waals surface area (Å²) < 4.78 is 26.7. The van der Waals surface area contributed by atoms with Gasteiger partial charge in [0.15, 0.2) is 9.84 Å². The molecule has 1 aromatic carbocycles. The smallest absolute Gasteiger partial charge is 0.154 e. The van der Waals surface area contributed by atoms with Crippen molar-refractivity contribution in [2.24, 2.45) is 0 Å². The molecule has 0 fully saturated rings. The van der Waals surface area contributed by atoms with Crippen LogP contribution in [0.1, 0.15) is 64.0 Å². The van der Waals surface area contributed by atoms with E-state index >= 15 is 0 Å². The van der Waals surface area contributed by atoms with E-state index in [1.807, 2.05) is 36.8 Å². The molecule has 0 amide bonds. The Morgan fingerprint density at radius 3 is 2.46 bits per heavy atom. The van der Waals surface area contributed by atoms with E-state index in [0.29, 0.717) is 5.75 Å². The monoisotopic (exact) mass is 405 g/mol. The van der Waals surface area contributed by atoms with Crippen molar-refractivity contribution >= 4 is 9.84 Å². The second-order valence-corrected chi connectivity index (χ2v) is 10.2. The van der Waals surface area contributed by atoms with Gasteiger partial charge in [0.2, 0.25) is 0 Å². The molecule has 0 spiro atoms. The van der Waals surface area contributed by atoms with Crippen LogP contribution in [-0.2, 0) is 27.7 Å². The average molecular weight is 406 g/mol. The number of nitrogens with one attached hydrogen (secondary N) is 1. The fraction of sp³-hybridized carbons (Fsp3) is 0.591. The molecule has 2 aromatic rings. The van der Waals surface area contributed by atoms with E-state index in [0.717, 1.165) is 50.8 Å². The summed E-state index contributed by atoms with van der Waals surface area (Å²) in [5, 5.41) is 3.59. The first-order valence-electron chi connectivity index (χ1n) is 10.3. The largest absolute Gasteiger partial charge is 0.337 e. The highest BCUT2D eigenvalue weighted by Gasteiger charge is 2.20. The van der Waals surface area contributed by atoms with Gasteiger partial charge < -0.3 is 9.88 Å². The Bertz CT molecular complexity index is 782. The van der Waals surface area contributed by atoms with E-state index in [1.54, 1.807) is 6.20 Å². The van der Waals surface area contributed by atoms with Crippen molar-refractivity contribution in [1.82, 2.24) is 14.9 Å². The normalized spacial score (nSPS) is 12.4. The van der Waals surface area contributed by atoms with Crippen LogP contribution in [-0.4, -0.2) is 30.3 Å². The third kappa shape index (κ3) is 7.76. The van der Waals surface area contributed by atoms with Crippen molar-refractivity contribution in [2.45, 2.75) is 70.7 Å². The molecule has 0 aliphatic rings. The molecule has 0 aliphatic heterocycles. The first-order valence-corrected chi connectivity index (χ1v) is 12.1. The van der Waals surface area contributed by atoms with Crippen molar-refractivity contribution in [2.75, 3.05) is 12.3 Å². The van der Waals surface area contributed by atoms with Crippen LogP contribution in [0, 0.1) is 0 Å². The van der Waals surface area contributed by atoms with Gasteiger partial charge in [0.05, 0.1) is 17.8 Å². The van der Waals surface area contributed by atoms with Gasteiger partial charge in [0.25, 0.3) is 0 Å². The van der Waals surface area contributed by atoms with Gasteiger partial charge in [-0.2, -0.15) is 0 Å². The Hall–Kier alpha value is -1.66. The van der Waals surface area contributed by atoms with Crippen LogP contribution in [0.15, 0.2) is 43.0 Å². The van der Waals surface area contributed by atoms with Gasteiger partial charge in [-0.05, 0) is 44.4 Å². The van der Waals surface area contributed by atoms with Gasteiger partial charge in [-0.1, -0.05) is 50.5 Å². The lowest BCUT2D eigenvalue weighted by Crippen LogP contribution is -2.37. The number of sulfone groups is 1. The lowest BCUT2D eigenvalue weighted by molar-refractivity contribution is 0.393. The van der Waals surface area contributed by atoms with Crippen molar-refractivity contribution in [3.8, 4) is 0 Å². The number of hydrogen-bond acceptors (Lipinski definition) is 4. The third-order valence-electron chi connectivity index (χ3n) is 5.09. The molecule has 0 atom stereocenters. The Labute approximate surface area is 170 Å². The molecule has 0 saturated heterocycles. The lowest BCUT2D eigenvalue weighted by Gasteiger charge is -2.27. The molecule has 0 unspecified atom stereocenters. The maximum atomic E-state index is 12.3. The molecule has 0 aliphatic carbocycles. The van der Waals surface area contributed by atoms with Gasteiger partial charge in [0.1, 0.15) is 0 Å². The van der Waals surface area contributed by atoms with Crippen LogP contribution in [0.5, 0.6) is 0 Å². The van der Waals surface area contributed by atoms with E-state index in [-0.39, 0.29) is 11.3 Å². The molecule has 28 heavy (non-hydrogen) atoms. The van der Waals surface area contributed by atoms with Crippen molar-refractivity contribution in [3.63, 3.8) is 0 Å². The van der Waals surface area contributed by atoms with Crippen molar-refractivity contribution < 1.29 is 8.42 Å². The van der Waals surface area contributed by atoms with Gasteiger partial charge in [-0.3, -0.25) is 0 Å². The van der Waals surface area contributed by atoms with Crippen molar-refractivity contribution in [3.05, 3.63) is 54.1 Å². The Morgan fingerprint density at radius 1 is 1.07 bits per heavy atom. The SMILES string of the molecule is CCCCCCS(=O)(=O)Cc1ccc(C(C)(C)NCCCn2ccnc2)cc1. The van der Waals surface area contributed by atoms with E-state index in [2.05, 4.69) is 35.6 Å². The number of unbranched alkanes of at least 4 members (excludes halogenated alkanes) is 3. The van der Waals surface area contributed by atoms with Gasteiger partial charge in [-0.25, -0.2) is 13.4 Å². The predicted octanol–water partition coefficient (Wildman–Crippen LogP) is 4.29. The number of aromatic nitrogens is 2. The standard InChI is InChI=1S/C22H35N3O2S/c1-4-5-6-7-17-28(26,27)18-20-9-11-21(12-10-20)22(2,3)24-13-8-15-25-16-14-23-19-25/h9-12,14,16,19,24H,4-8,13,15,17-18H2,1-3H3. The van der Waals surface area contributed by atoms with E-state index in [4.69, 9.17) is 0 Å². The summed E-state index contributed by atoms with van der Waals surface area (Å²) in [6.07, 6.45) is 10.6. The molecule has 156 valence electrons. The number of rotatable bonds is 13. The van der Waals surface area contributed by atoms with Gasteiger partial charge >= 0.3 is 0 Å². The van der Waals surface area contributed by atoms with Crippen LogP contribution < -0.4 is 5.32 Å². The minimum absolute atomic E-state index is 0.137. The van der Waals surface area contributed by atoms with Crippen LogP contribution in [0.2, 0.25) is 0 Å². The zero-order valence-corrected chi connectivity index (χ0v) is 18.3. The maximum absolute atomic E-state index is 12.3. The molecular weight excluding hydrogens is 370 g/mol. The molecular formula is C22H35N3O2S. The maximum Gasteiger partial charge on any atom is 0.154 e. The Balaban J connectivity index is 1.82. The molecule has 5 nitrogen and oxygen atoms in total. The van der Waals surface area contributed by atoms with Gasteiger partial charge in [0, 0.05) is 24.5 Å². The first-order chi connectivity index (χ1) is 13.3. The van der Waals surface area contributed by atoms with Crippen LogP contribution >= 0.6 is 0 Å². The molecule has 6 heteroatoms. The fourth-order valence-electron chi connectivity index (χ4n) is 3.28. The predicted molar refractivity (Wildman–Crippen MR) is 116 cm³/mol. The second-order valence-electron chi connectivity index (χ2n) is 8.06. The van der Waals surface area contributed by atoms with E-state index in [1.165, 1.54) is 5.56 Å². The van der Waals surface area contributed by atoms with Crippen LogP contribution in [0.25, 0.3) is 0 Å². The first kappa shape index (κ1) is 22.6. The second kappa shape index (κ2) is 10.8. The van der Waals surface area contributed by atoms with Crippen LogP contribution in [0.3, 0.4) is 0 Å². The van der Waals surface area contributed by atoms with Crippen molar-refractivity contribution in [1.29, 1.82) is 0 Å². The zero-order valence-electron chi connectivity index (χ0n) is 17.5. The molecule has 1 heterocycles. The summed E-state index contributed by atoms with van der Waals surface area (Å²) in [6.45, 7) is 8.29. The third-order valence-corrected chi connectivity index (χ3v) is 6.77. The summed E-state index contributed by atoms with van der Waals surface area (Å²) in [5.74, 6) is 0.427. The molecule has 0 saturated carbocycles. The quantitative estimate of drug-likeness (QED) is 0.505. The molecule has 1 N–H and O–H groups in total. The summed E-state index contributed by atoms with van der Waals surface area (Å²) in [6, 6.07) is 8.00. The highest BCUT2D eigenvalue weighted by Crippen LogP contribution is 2.21.